The van der Waals surface area contributed by atoms with Gasteiger partial charge in [-0.15, -0.1) is 12.3 Å². The van der Waals surface area contributed by atoms with Crippen molar-refractivity contribution in [2.45, 2.75) is 240 Å². The third kappa shape index (κ3) is 25.0. The molecule has 16 nitrogen and oxygen atoms in total. The van der Waals surface area contributed by atoms with E-state index in [1.54, 1.807) is 21.3 Å². The lowest BCUT2D eigenvalue weighted by Crippen LogP contribution is -2.59. The number of carbonyl (C=O) groups excluding carboxylic acids is 6. The molecule has 2 aliphatic rings. The number of terminal acetylenes is 1. The summed E-state index contributed by atoms with van der Waals surface area (Å²) >= 11 is 0. The SMILES string of the molecule is C#CCCCC(CCC1(CCC(c2ccc(OC)cc2)(c2ccc(OC)cc2)c2ccc(OC)cc2)CCC(C(=O)CCCCCOC(=O)CCCCCOC(=O)CCCCO[C@@H]2O[C@H](COC(C)=O)[C@H](OC(C)=O)[C@H](OC(C)=O)[C@H]2CC(C)C)CC1)C(C(C)C)C(C)C. The molecule has 0 aromatic heterocycles. The number of Topliss-reactive ketones (excluding diaryl/α,β-unsaturated/α-hetero) is 1. The van der Waals surface area contributed by atoms with Crippen LogP contribution in [0.3, 0.4) is 0 Å². The topological polar surface area (TPSA) is 195 Å². The number of rotatable bonds is 43. The fourth-order valence-corrected chi connectivity index (χ4v) is 14.9. The molecule has 0 amide bonds. The highest BCUT2D eigenvalue weighted by atomic mass is 16.7. The molecular weight excluding hydrogens is 1190 g/mol. The Balaban J connectivity index is 1.09. The Bertz CT molecular complexity index is 2650. The average molecular weight is 1310 g/mol. The predicted octanol–water partition coefficient (Wildman–Crippen LogP) is 15.9. The van der Waals surface area contributed by atoms with E-state index in [-0.39, 0.29) is 61.9 Å². The Kier molecular flexibility index (Phi) is 34.0. The lowest BCUT2D eigenvalue weighted by atomic mass is 9.59. The van der Waals surface area contributed by atoms with Crippen molar-refractivity contribution >= 4 is 35.6 Å². The zero-order chi connectivity index (χ0) is 68.6. The monoisotopic (exact) mass is 1310 g/mol. The van der Waals surface area contributed by atoms with Crippen molar-refractivity contribution in [3.05, 3.63) is 89.5 Å². The van der Waals surface area contributed by atoms with E-state index >= 15 is 0 Å². The summed E-state index contributed by atoms with van der Waals surface area (Å²) in [6.45, 7) is 17.9. The van der Waals surface area contributed by atoms with Crippen LogP contribution in [0.15, 0.2) is 72.8 Å². The molecule has 0 bridgehead atoms. The van der Waals surface area contributed by atoms with Crippen LogP contribution < -0.4 is 14.2 Å². The Morgan fingerprint density at radius 2 is 1.05 bits per heavy atom. The fraction of sp³-hybridized carbons (Fsp3) is 0.667. The molecule has 94 heavy (non-hydrogen) atoms. The molecule has 0 spiro atoms. The van der Waals surface area contributed by atoms with Crippen LogP contribution >= 0.6 is 0 Å². The van der Waals surface area contributed by atoms with Gasteiger partial charge < -0.3 is 47.4 Å². The molecule has 1 unspecified atom stereocenters. The molecule has 1 heterocycles. The second-order valence-electron chi connectivity index (χ2n) is 27.5. The van der Waals surface area contributed by atoms with E-state index in [1.807, 2.05) is 13.8 Å². The van der Waals surface area contributed by atoms with Gasteiger partial charge in [-0.05, 0) is 210 Å². The summed E-state index contributed by atoms with van der Waals surface area (Å²) in [5.74, 6) is 5.30. The standard InChI is InChI=1S/C78H114O16/c1-14-15-18-25-61(73(55(4)5)56(6)7)43-46-77(47-48-78(62-29-35-65(85-11)36-30-62,63-31-37-66(86-12)38-32-63)64-33-39-67(87-13)40-34-64)44-41-60(42-45-77)69(82)26-19-16-22-49-88-71(83)27-20-17-23-50-89-72(84)28-21-24-51-90-76-68(52-54(2)3)74(92-58(9)80)75(93-59(10)81)70(94-76)53-91-57(8)79/h1,29-40,54-56,60-61,68,70,73-76H,15-28,41-53H2,2-13H3/t60?,61?,68-,70-,74-,75+,76-,77?/m1/s1. The number of unbranched alkanes of at least 4 members (excludes halogenated alkanes) is 6. The van der Waals surface area contributed by atoms with E-state index in [9.17, 15) is 28.8 Å². The number of benzene rings is 3. The van der Waals surface area contributed by atoms with Crippen LogP contribution in [0, 0.1) is 59.2 Å². The highest BCUT2D eigenvalue weighted by Gasteiger charge is 2.51. The first-order chi connectivity index (χ1) is 45.1. The Morgan fingerprint density at radius 3 is 1.51 bits per heavy atom. The molecule has 3 aromatic carbocycles. The van der Waals surface area contributed by atoms with E-state index in [2.05, 4.69) is 106 Å². The van der Waals surface area contributed by atoms with Gasteiger partial charge in [0.15, 0.2) is 12.4 Å². The van der Waals surface area contributed by atoms with Crippen molar-refractivity contribution in [1.29, 1.82) is 0 Å². The number of hydrogen-bond acceptors (Lipinski definition) is 16. The Hall–Kier alpha value is -6.44. The second kappa shape index (κ2) is 40.8. The Labute approximate surface area is 563 Å². The van der Waals surface area contributed by atoms with Gasteiger partial charge in [0, 0.05) is 64.4 Å². The average Bonchev–Trinajstić information content (AvgIpc) is 0.762. The minimum Gasteiger partial charge on any atom is -0.497 e. The van der Waals surface area contributed by atoms with Crippen molar-refractivity contribution in [3.8, 4) is 29.6 Å². The highest BCUT2D eigenvalue weighted by Crippen LogP contribution is 2.53. The van der Waals surface area contributed by atoms with Crippen molar-refractivity contribution in [2.75, 3.05) is 47.8 Å². The molecule has 0 N–H and O–H groups in total. The molecule has 5 rings (SSSR count). The second-order valence-corrected chi connectivity index (χ2v) is 27.5. The molecule has 1 saturated carbocycles. The number of hydrogen-bond donors (Lipinski definition) is 0. The first kappa shape index (κ1) is 78.3. The zero-order valence-electron chi connectivity index (χ0n) is 59.0. The number of methoxy groups -OCH3 is 3. The van der Waals surface area contributed by atoms with Gasteiger partial charge in [0.2, 0.25) is 0 Å². The lowest BCUT2D eigenvalue weighted by molar-refractivity contribution is -0.294. The number of carbonyl (C=O) groups is 6. The minimum atomic E-state index is -1.02. The predicted molar refractivity (Wildman–Crippen MR) is 364 cm³/mol. The van der Waals surface area contributed by atoms with E-state index in [0.29, 0.717) is 87.4 Å². The summed E-state index contributed by atoms with van der Waals surface area (Å²) in [6, 6.07) is 25.7. The van der Waals surface area contributed by atoms with Gasteiger partial charge in [-0.1, -0.05) is 77.9 Å². The molecule has 6 atom stereocenters. The van der Waals surface area contributed by atoms with E-state index in [1.165, 1.54) is 37.5 Å². The highest BCUT2D eigenvalue weighted by molar-refractivity contribution is 5.81. The number of ketones is 1. The molecule has 522 valence electrons. The van der Waals surface area contributed by atoms with E-state index in [4.69, 9.17) is 53.8 Å². The van der Waals surface area contributed by atoms with Gasteiger partial charge in [-0.25, -0.2) is 0 Å². The van der Waals surface area contributed by atoms with Crippen LogP contribution in [0.1, 0.15) is 227 Å². The first-order valence-corrected chi connectivity index (χ1v) is 35.0. The largest absolute Gasteiger partial charge is 0.497 e. The van der Waals surface area contributed by atoms with Crippen molar-refractivity contribution in [1.82, 2.24) is 0 Å². The quantitative estimate of drug-likeness (QED) is 0.0170. The summed E-state index contributed by atoms with van der Waals surface area (Å²) in [7, 11) is 5.12. The summed E-state index contributed by atoms with van der Waals surface area (Å²) in [4.78, 5) is 75.5. The third-order valence-electron chi connectivity index (χ3n) is 19.6. The molecule has 16 heteroatoms. The van der Waals surface area contributed by atoms with Gasteiger partial charge in [0.25, 0.3) is 0 Å². The normalized spacial score (nSPS) is 20.1. The van der Waals surface area contributed by atoms with Crippen LogP contribution in [-0.4, -0.2) is 108 Å². The van der Waals surface area contributed by atoms with Crippen LogP contribution in [0.4, 0.5) is 0 Å². The van der Waals surface area contributed by atoms with Gasteiger partial charge in [0.05, 0.1) is 40.5 Å². The van der Waals surface area contributed by atoms with Crippen LogP contribution in [0.2, 0.25) is 0 Å². The summed E-state index contributed by atoms with van der Waals surface area (Å²) < 4.78 is 57.1. The maximum absolute atomic E-state index is 14.1. The molecule has 1 aliphatic heterocycles. The minimum absolute atomic E-state index is 0.0170. The maximum Gasteiger partial charge on any atom is 0.305 e. The third-order valence-corrected chi connectivity index (χ3v) is 19.6. The molecular formula is C78H114O16. The van der Waals surface area contributed by atoms with Gasteiger partial charge >= 0.3 is 29.8 Å². The van der Waals surface area contributed by atoms with Gasteiger partial charge in [-0.3, -0.25) is 28.8 Å². The molecule has 3 aromatic rings. The molecule has 2 fully saturated rings. The molecule has 0 radical (unpaired) electrons. The molecule has 1 saturated heterocycles. The summed E-state index contributed by atoms with van der Waals surface area (Å²) in [5.41, 5.74) is 3.05. The number of ether oxygens (including phenoxy) is 10. The maximum atomic E-state index is 14.1. The van der Waals surface area contributed by atoms with Crippen molar-refractivity contribution in [2.24, 2.45) is 46.8 Å². The van der Waals surface area contributed by atoms with Crippen LogP contribution in [0.25, 0.3) is 0 Å². The van der Waals surface area contributed by atoms with E-state index < -0.39 is 53.8 Å². The molecule has 1 aliphatic carbocycles. The van der Waals surface area contributed by atoms with Gasteiger partial charge in [-0.2, -0.15) is 0 Å². The van der Waals surface area contributed by atoms with Gasteiger partial charge in [0.1, 0.15) is 41.8 Å². The van der Waals surface area contributed by atoms with Crippen molar-refractivity contribution in [3.63, 3.8) is 0 Å². The number of esters is 5. The zero-order valence-corrected chi connectivity index (χ0v) is 59.0. The Morgan fingerprint density at radius 1 is 0.574 bits per heavy atom. The van der Waals surface area contributed by atoms with Crippen LogP contribution in [0.5, 0.6) is 17.2 Å². The van der Waals surface area contributed by atoms with Crippen molar-refractivity contribution < 1.29 is 76.1 Å². The lowest BCUT2D eigenvalue weighted by Gasteiger charge is -2.45. The first-order valence-electron chi connectivity index (χ1n) is 35.0. The van der Waals surface area contributed by atoms with Crippen LogP contribution in [-0.2, 0) is 67.3 Å². The smallest absolute Gasteiger partial charge is 0.305 e. The summed E-state index contributed by atoms with van der Waals surface area (Å²) in [6.07, 6.45) is 19.6. The summed E-state index contributed by atoms with van der Waals surface area (Å²) in [5, 5.41) is 0. The fourth-order valence-electron chi connectivity index (χ4n) is 14.9. The van der Waals surface area contributed by atoms with E-state index in [0.717, 1.165) is 101 Å².